The highest BCUT2D eigenvalue weighted by molar-refractivity contribution is 5.94. The van der Waals surface area contributed by atoms with Crippen molar-refractivity contribution in [3.05, 3.63) is 59.4 Å². The molecule has 2 aromatic carbocycles. The van der Waals surface area contributed by atoms with Gasteiger partial charge in [0.2, 0.25) is 0 Å². The molecule has 0 saturated heterocycles. The fourth-order valence-electron chi connectivity index (χ4n) is 3.00. The van der Waals surface area contributed by atoms with Crippen LogP contribution in [0.3, 0.4) is 0 Å². The summed E-state index contributed by atoms with van der Waals surface area (Å²) < 4.78 is 24.5. The molecule has 0 unspecified atom stereocenters. The Labute approximate surface area is 165 Å². The van der Waals surface area contributed by atoms with Gasteiger partial charge in [0.05, 0.1) is 13.2 Å². The van der Waals surface area contributed by atoms with E-state index in [9.17, 15) is 14.0 Å². The molecule has 0 N–H and O–H groups in total. The number of ether oxygens (including phenoxy) is 2. The van der Waals surface area contributed by atoms with Crippen molar-refractivity contribution in [1.29, 1.82) is 0 Å². The van der Waals surface area contributed by atoms with Gasteiger partial charge < -0.3 is 9.47 Å². The molecule has 28 heavy (non-hydrogen) atoms. The minimum Gasteiger partial charge on any atom is -0.465 e. The van der Waals surface area contributed by atoms with Crippen molar-refractivity contribution in [1.82, 2.24) is 0 Å². The van der Waals surface area contributed by atoms with Gasteiger partial charge >= 0.3 is 11.9 Å². The standard InChI is InChI=1S/C23H27FO4/c1-4-16-7-11-18(12-8-16)19-13-9-17(15-21(19)24)10-14-20(22(25)27-5-2)23(26)28-6-3/h7-9,11-13,15,20H,4-6,10,14H2,1-3H3. The van der Waals surface area contributed by atoms with Crippen LogP contribution in [0.25, 0.3) is 11.1 Å². The molecule has 2 aromatic rings. The average Bonchev–Trinajstić information content (AvgIpc) is 2.69. The maximum absolute atomic E-state index is 14.6. The van der Waals surface area contributed by atoms with Gasteiger partial charge in [-0.25, -0.2) is 4.39 Å². The van der Waals surface area contributed by atoms with Gasteiger partial charge in [-0.2, -0.15) is 0 Å². The first-order valence-electron chi connectivity index (χ1n) is 9.71. The molecule has 0 atom stereocenters. The highest BCUT2D eigenvalue weighted by atomic mass is 19.1. The van der Waals surface area contributed by atoms with Gasteiger partial charge in [0.15, 0.2) is 5.92 Å². The van der Waals surface area contributed by atoms with Crippen molar-refractivity contribution in [2.45, 2.75) is 40.0 Å². The predicted octanol–water partition coefficient (Wildman–Crippen LogP) is 4.73. The first kappa shape index (κ1) is 21.6. The zero-order chi connectivity index (χ0) is 20.5. The first-order valence-corrected chi connectivity index (χ1v) is 9.71. The van der Waals surface area contributed by atoms with Crippen molar-refractivity contribution in [2.24, 2.45) is 5.92 Å². The van der Waals surface area contributed by atoms with E-state index in [1.165, 1.54) is 11.6 Å². The minimum atomic E-state index is -0.996. The number of esters is 2. The van der Waals surface area contributed by atoms with Crippen LogP contribution in [-0.2, 0) is 31.9 Å². The smallest absolute Gasteiger partial charge is 0.320 e. The Morgan fingerprint density at radius 2 is 1.46 bits per heavy atom. The zero-order valence-corrected chi connectivity index (χ0v) is 16.7. The van der Waals surface area contributed by atoms with E-state index in [4.69, 9.17) is 9.47 Å². The number of benzene rings is 2. The number of carbonyl (C=O) groups excluding carboxylic acids is 2. The largest absolute Gasteiger partial charge is 0.465 e. The van der Waals surface area contributed by atoms with Gasteiger partial charge in [0.1, 0.15) is 5.82 Å². The SMILES string of the molecule is CCOC(=O)C(CCc1ccc(-c2ccc(CC)cc2)c(F)c1)C(=O)OCC. The number of rotatable bonds is 9. The van der Waals surface area contributed by atoms with Gasteiger partial charge in [-0.15, -0.1) is 0 Å². The van der Waals surface area contributed by atoms with Crippen molar-refractivity contribution >= 4 is 11.9 Å². The fourth-order valence-corrected chi connectivity index (χ4v) is 3.00. The lowest BCUT2D eigenvalue weighted by Gasteiger charge is -2.14. The monoisotopic (exact) mass is 386 g/mol. The van der Waals surface area contributed by atoms with E-state index < -0.39 is 17.9 Å². The summed E-state index contributed by atoms with van der Waals surface area (Å²) >= 11 is 0. The van der Waals surface area contributed by atoms with Crippen molar-refractivity contribution in [3.8, 4) is 11.1 Å². The summed E-state index contributed by atoms with van der Waals surface area (Å²) in [6.07, 6.45) is 1.51. The van der Waals surface area contributed by atoms with Crippen LogP contribution in [0.1, 0.15) is 38.3 Å². The molecule has 2 rings (SSSR count). The summed E-state index contributed by atoms with van der Waals surface area (Å²) in [4.78, 5) is 24.1. The molecule has 4 nitrogen and oxygen atoms in total. The number of hydrogen-bond donors (Lipinski definition) is 0. The molecule has 0 aliphatic heterocycles. The second kappa shape index (κ2) is 10.6. The molecule has 0 heterocycles. The summed E-state index contributed by atoms with van der Waals surface area (Å²) in [5.41, 5.74) is 3.26. The second-order valence-electron chi connectivity index (χ2n) is 6.46. The molecule has 5 heteroatoms. The second-order valence-corrected chi connectivity index (χ2v) is 6.46. The van der Waals surface area contributed by atoms with Gasteiger partial charge in [0, 0.05) is 5.56 Å². The third-order valence-corrected chi connectivity index (χ3v) is 4.57. The zero-order valence-electron chi connectivity index (χ0n) is 16.7. The topological polar surface area (TPSA) is 52.6 Å². The van der Waals surface area contributed by atoms with E-state index >= 15 is 0 Å². The van der Waals surface area contributed by atoms with Gasteiger partial charge in [-0.05, 0) is 55.9 Å². The van der Waals surface area contributed by atoms with Crippen LogP contribution in [0.15, 0.2) is 42.5 Å². The summed E-state index contributed by atoms with van der Waals surface area (Å²) in [5, 5.41) is 0. The number of carbonyl (C=O) groups is 2. The molecule has 0 saturated carbocycles. The van der Waals surface area contributed by atoms with Crippen LogP contribution in [0.4, 0.5) is 4.39 Å². The third-order valence-electron chi connectivity index (χ3n) is 4.57. The van der Waals surface area contributed by atoms with Crippen molar-refractivity contribution in [3.63, 3.8) is 0 Å². The van der Waals surface area contributed by atoms with E-state index in [1.807, 2.05) is 30.3 Å². The van der Waals surface area contributed by atoms with Crippen LogP contribution in [0.2, 0.25) is 0 Å². The van der Waals surface area contributed by atoms with Crippen LogP contribution in [-0.4, -0.2) is 25.2 Å². The van der Waals surface area contributed by atoms with Crippen LogP contribution in [0, 0.1) is 11.7 Å². The third kappa shape index (κ3) is 5.65. The molecule has 0 aliphatic carbocycles. The highest BCUT2D eigenvalue weighted by Gasteiger charge is 2.29. The molecule has 150 valence electrons. The number of halogens is 1. The molecule has 0 radical (unpaired) electrons. The lowest BCUT2D eigenvalue weighted by Crippen LogP contribution is -2.28. The number of aryl methyl sites for hydroxylation is 2. The minimum absolute atomic E-state index is 0.189. The lowest BCUT2D eigenvalue weighted by atomic mass is 9.96. The maximum Gasteiger partial charge on any atom is 0.320 e. The molecular formula is C23H27FO4. The van der Waals surface area contributed by atoms with Gasteiger partial charge in [-0.1, -0.05) is 43.3 Å². The first-order chi connectivity index (χ1) is 13.5. The Hall–Kier alpha value is -2.69. The Balaban J connectivity index is 2.11. The highest BCUT2D eigenvalue weighted by Crippen LogP contribution is 2.25. The Morgan fingerprint density at radius 3 is 1.96 bits per heavy atom. The summed E-state index contributed by atoms with van der Waals surface area (Å²) in [6, 6.07) is 12.8. The Bertz CT molecular complexity index is 781. The van der Waals surface area contributed by atoms with E-state index in [1.54, 1.807) is 19.9 Å². The van der Waals surface area contributed by atoms with Gasteiger partial charge in [0.25, 0.3) is 0 Å². The normalized spacial score (nSPS) is 10.8. The lowest BCUT2D eigenvalue weighted by molar-refractivity contribution is -0.161. The Kier molecular flexibility index (Phi) is 8.18. The molecule has 0 aliphatic rings. The van der Waals surface area contributed by atoms with Gasteiger partial charge in [-0.3, -0.25) is 9.59 Å². The van der Waals surface area contributed by atoms with E-state index in [-0.39, 0.29) is 25.5 Å². The van der Waals surface area contributed by atoms with E-state index in [2.05, 4.69) is 6.92 Å². The van der Waals surface area contributed by atoms with Crippen molar-refractivity contribution < 1.29 is 23.5 Å². The van der Waals surface area contributed by atoms with Crippen LogP contribution >= 0.6 is 0 Å². The van der Waals surface area contributed by atoms with E-state index in [0.717, 1.165) is 12.0 Å². The molecular weight excluding hydrogens is 359 g/mol. The van der Waals surface area contributed by atoms with Crippen molar-refractivity contribution in [2.75, 3.05) is 13.2 Å². The average molecular weight is 386 g/mol. The van der Waals surface area contributed by atoms with Crippen LogP contribution in [0.5, 0.6) is 0 Å². The fraction of sp³-hybridized carbons (Fsp3) is 0.391. The maximum atomic E-state index is 14.6. The molecule has 0 bridgehead atoms. The molecule has 0 spiro atoms. The number of hydrogen-bond acceptors (Lipinski definition) is 4. The summed E-state index contributed by atoms with van der Waals surface area (Å²) in [7, 11) is 0. The molecule has 0 aromatic heterocycles. The van der Waals surface area contributed by atoms with E-state index in [0.29, 0.717) is 17.5 Å². The predicted molar refractivity (Wildman–Crippen MR) is 106 cm³/mol. The Morgan fingerprint density at radius 1 is 0.893 bits per heavy atom. The summed E-state index contributed by atoms with van der Waals surface area (Å²) in [6.45, 7) is 5.82. The quantitative estimate of drug-likeness (QED) is 0.462. The van der Waals surface area contributed by atoms with Crippen LogP contribution < -0.4 is 0 Å². The molecule has 0 fully saturated rings. The summed E-state index contributed by atoms with van der Waals surface area (Å²) in [5.74, 6) is -2.53. The molecule has 0 amide bonds.